The Morgan fingerprint density at radius 3 is 2.81 bits per heavy atom. The average Bonchev–Trinajstić information content (AvgIpc) is 2.80. The van der Waals surface area contributed by atoms with Crippen molar-refractivity contribution in [1.29, 1.82) is 0 Å². The summed E-state index contributed by atoms with van der Waals surface area (Å²) in [5, 5.41) is 6.10. The van der Waals surface area contributed by atoms with Gasteiger partial charge in [0.2, 0.25) is 0 Å². The Kier molecular flexibility index (Phi) is 3.00. The van der Waals surface area contributed by atoms with E-state index in [4.69, 9.17) is 0 Å². The van der Waals surface area contributed by atoms with Gasteiger partial charge in [-0.25, -0.2) is 4.68 Å². The van der Waals surface area contributed by atoms with Crippen LogP contribution in [0.2, 0.25) is 0 Å². The number of carbonyl (C=O) groups is 1. The normalized spacial score (nSPS) is 9.50. The molecule has 4 nitrogen and oxygen atoms in total. The van der Waals surface area contributed by atoms with Crippen molar-refractivity contribution >= 4 is 23.3 Å². The summed E-state index contributed by atoms with van der Waals surface area (Å²) in [4.78, 5) is 14.7. The maximum Gasteiger partial charge on any atom is 0.289 e. The summed E-state index contributed by atoms with van der Waals surface area (Å²) >= 11 is 4.36. The molecule has 2 rings (SSSR count). The van der Waals surface area contributed by atoms with Crippen LogP contribution in [0.25, 0.3) is 5.69 Å². The van der Waals surface area contributed by atoms with Gasteiger partial charge in [0.1, 0.15) is 0 Å². The van der Waals surface area contributed by atoms with Crippen LogP contribution in [0.4, 0.5) is 0 Å². The van der Waals surface area contributed by atoms with Crippen LogP contribution < -0.4 is 0 Å². The number of thiocarbonyl (C=S) groups is 1. The van der Waals surface area contributed by atoms with E-state index in [1.807, 2.05) is 35.5 Å². The predicted octanol–water partition coefficient (Wildman–Crippen LogP) is 2.12. The lowest BCUT2D eigenvalue weighted by atomic mass is 10.3. The minimum atomic E-state index is -0.433. The Morgan fingerprint density at radius 2 is 2.12 bits per heavy atom. The zero-order valence-corrected chi connectivity index (χ0v) is 9.02. The second kappa shape index (κ2) is 4.61. The molecule has 0 aliphatic heterocycles. The van der Waals surface area contributed by atoms with E-state index in [9.17, 15) is 4.79 Å². The van der Waals surface area contributed by atoms with Crippen molar-refractivity contribution in [3.8, 4) is 5.69 Å². The van der Waals surface area contributed by atoms with E-state index in [2.05, 4.69) is 22.3 Å². The van der Waals surface area contributed by atoms with E-state index in [1.165, 1.54) is 6.20 Å². The molecule has 0 saturated carbocycles. The van der Waals surface area contributed by atoms with Gasteiger partial charge in [0.15, 0.2) is 0 Å². The van der Waals surface area contributed by atoms with Gasteiger partial charge in [0, 0.05) is 6.20 Å². The molecular weight excluding hydrogens is 222 g/mol. The molecule has 78 valence electrons. The van der Waals surface area contributed by atoms with Crippen molar-refractivity contribution in [1.82, 2.24) is 9.78 Å². The molecule has 1 aromatic heterocycles. The van der Waals surface area contributed by atoms with E-state index in [0.717, 1.165) is 5.69 Å². The fourth-order valence-electron chi connectivity index (χ4n) is 1.26. The van der Waals surface area contributed by atoms with Crippen molar-refractivity contribution < 1.29 is 4.79 Å². The summed E-state index contributed by atoms with van der Waals surface area (Å²) < 4.78 is 1.60. The second-order valence-corrected chi connectivity index (χ2v) is 3.20. The maximum atomic E-state index is 11.3. The summed E-state index contributed by atoms with van der Waals surface area (Å²) in [6.45, 7) is 0. The third-order valence-electron chi connectivity index (χ3n) is 2.00. The van der Waals surface area contributed by atoms with E-state index < -0.39 is 5.91 Å². The topological polar surface area (TPSA) is 47.2 Å². The first-order chi connectivity index (χ1) is 7.81. The molecule has 0 atom stereocenters. The van der Waals surface area contributed by atoms with E-state index >= 15 is 0 Å². The van der Waals surface area contributed by atoms with Crippen molar-refractivity contribution in [3.05, 3.63) is 48.3 Å². The fraction of sp³-hybridized carbons (Fsp3) is 0. The lowest BCUT2D eigenvalue weighted by Gasteiger charge is -1.98. The molecule has 0 aliphatic rings. The number of rotatable bonds is 2. The van der Waals surface area contributed by atoms with Gasteiger partial charge < -0.3 is 0 Å². The third kappa shape index (κ3) is 2.11. The molecule has 1 heterocycles. The molecule has 0 fully saturated rings. The molecule has 5 heteroatoms. The van der Waals surface area contributed by atoms with E-state index in [1.54, 1.807) is 10.9 Å². The fourth-order valence-corrected chi connectivity index (χ4v) is 1.34. The number of isothiocyanates is 1. The zero-order chi connectivity index (χ0) is 11.4. The van der Waals surface area contributed by atoms with Crippen molar-refractivity contribution in [2.24, 2.45) is 4.99 Å². The summed E-state index contributed by atoms with van der Waals surface area (Å²) in [6, 6.07) is 9.49. The van der Waals surface area contributed by atoms with Gasteiger partial charge in [-0.1, -0.05) is 18.2 Å². The number of hydrogen-bond donors (Lipinski definition) is 0. The van der Waals surface area contributed by atoms with Gasteiger partial charge in [0.05, 0.1) is 22.6 Å². The first-order valence-corrected chi connectivity index (χ1v) is 4.94. The minimum absolute atomic E-state index is 0.390. The van der Waals surface area contributed by atoms with Crippen LogP contribution in [0.15, 0.2) is 47.7 Å². The van der Waals surface area contributed by atoms with Crippen molar-refractivity contribution in [3.63, 3.8) is 0 Å². The van der Waals surface area contributed by atoms with Crippen LogP contribution in [0.1, 0.15) is 10.4 Å². The van der Waals surface area contributed by atoms with Crippen molar-refractivity contribution in [2.45, 2.75) is 0 Å². The molecule has 0 spiro atoms. The number of aliphatic imine (C=N–C) groups is 1. The molecule has 0 aliphatic carbocycles. The molecule has 2 aromatic rings. The quantitative estimate of drug-likeness (QED) is 0.585. The second-order valence-electron chi connectivity index (χ2n) is 3.02. The highest BCUT2D eigenvalue weighted by molar-refractivity contribution is 7.78. The highest BCUT2D eigenvalue weighted by Crippen LogP contribution is 2.08. The number of nitrogens with zero attached hydrogens (tertiary/aromatic N) is 3. The molecule has 1 amide bonds. The van der Waals surface area contributed by atoms with Crippen LogP contribution >= 0.6 is 12.2 Å². The third-order valence-corrected chi connectivity index (χ3v) is 2.09. The van der Waals surface area contributed by atoms with E-state index in [-0.39, 0.29) is 0 Å². The Bertz CT molecular complexity index is 556. The Balaban J connectivity index is 2.33. The molecule has 0 saturated heterocycles. The highest BCUT2D eigenvalue weighted by atomic mass is 32.1. The smallest absolute Gasteiger partial charge is 0.266 e. The number of benzene rings is 1. The average molecular weight is 229 g/mol. The van der Waals surface area contributed by atoms with Crippen LogP contribution in [-0.2, 0) is 0 Å². The maximum absolute atomic E-state index is 11.3. The Labute approximate surface area is 97.2 Å². The van der Waals surface area contributed by atoms with E-state index in [0.29, 0.717) is 5.56 Å². The monoisotopic (exact) mass is 229 g/mol. The predicted molar refractivity (Wildman–Crippen MR) is 62.9 cm³/mol. The van der Waals surface area contributed by atoms with Gasteiger partial charge >= 0.3 is 0 Å². The van der Waals surface area contributed by atoms with Crippen molar-refractivity contribution in [2.75, 3.05) is 0 Å². The lowest BCUT2D eigenvalue weighted by Crippen LogP contribution is -1.94. The van der Waals surface area contributed by atoms with Gasteiger partial charge in [-0.2, -0.15) is 10.1 Å². The molecule has 0 N–H and O–H groups in total. The summed E-state index contributed by atoms with van der Waals surface area (Å²) in [7, 11) is 0. The van der Waals surface area contributed by atoms with Gasteiger partial charge in [0.25, 0.3) is 5.91 Å². The Hall–Kier alpha value is -2.10. The minimum Gasteiger partial charge on any atom is -0.266 e. The largest absolute Gasteiger partial charge is 0.289 e. The first-order valence-electron chi connectivity index (χ1n) is 4.53. The van der Waals surface area contributed by atoms with Gasteiger partial charge in [-0.05, 0) is 24.4 Å². The highest BCUT2D eigenvalue weighted by Gasteiger charge is 2.07. The molecule has 16 heavy (non-hydrogen) atoms. The summed E-state index contributed by atoms with van der Waals surface area (Å²) in [5.41, 5.74) is 1.27. The zero-order valence-electron chi connectivity index (χ0n) is 8.20. The van der Waals surface area contributed by atoms with Crippen LogP contribution in [0.3, 0.4) is 0 Å². The van der Waals surface area contributed by atoms with Gasteiger partial charge in [-0.3, -0.25) is 4.79 Å². The standard InChI is InChI=1S/C11H7N3OS/c15-11(12-8-16)9-6-13-14(7-9)10-4-2-1-3-5-10/h1-7H. The van der Waals surface area contributed by atoms with Crippen LogP contribution in [0, 0.1) is 0 Å². The molecule has 1 aromatic carbocycles. The number of carbonyl (C=O) groups excluding carboxylic acids is 1. The SMILES string of the molecule is O=C(N=C=S)c1cnn(-c2ccccc2)c1. The molecular formula is C11H7N3OS. The summed E-state index contributed by atoms with van der Waals surface area (Å²) in [5.74, 6) is -0.433. The number of amides is 1. The molecule has 0 bridgehead atoms. The lowest BCUT2D eigenvalue weighted by molar-refractivity contribution is 0.100. The van der Waals surface area contributed by atoms with Crippen LogP contribution in [-0.4, -0.2) is 20.8 Å². The van der Waals surface area contributed by atoms with Gasteiger partial charge in [-0.15, -0.1) is 0 Å². The van der Waals surface area contributed by atoms with Crippen LogP contribution in [0.5, 0.6) is 0 Å². The summed E-state index contributed by atoms with van der Waals surface area (Å²) in [6.07, 6.45) is 3.05. The number of aromatic nitrogens is 2. The molecule has 0 radical (unpaired) electrons. The Morgan fingerprint density at radius 1 is 1.38 bits per heavy atom. The molecule has 0 unspecified atom stereocenters. The number of hydrogen-bond acceptors (Lipinski definition) is 3. The first kappa shape index (κ1) is 10.4. The number of para-hydroxylation sites is 1.